The first-order valence-electron chi connectivity index (χ1n) is 10.8. The predicted octanol–water partition coefficient (Wildman–Crippen LogP) is 6.22. The van der Waals surface area contributed by atoms with Gasteiger partial charge in [0, 0.05) is 19.8 Å². The number of unbranched alkanes of at least 4 members (excludes halogenated alkanes) is 4. The summed E-state index contributed by atoms with van der Waals surface area (Å²) >= 11 is 12.0. The first kappa shape index (κ1) is 28.0. The van der Waals surface area contributed by atoms with E-state index in [1.165, 1.54) is 12.0 Å². The number of hydrogen-bond donors (Lipinski definition) is 3. The Morgan fingerprint density at radius 2 is 1.52 bits per heavy atom. The van der Waals surface area contributed by atoms with Crippen molar-refractivity contribution in [2.45, 2.75) is 51.0 Å². The number of halogens is 3. The number of ether oxygens (including phenoxy) is 1. The second kappa shape index (κ2) is 16.6. The Bertz CT molecular complexity index is 709. The van der Waals surface area contributed by atoms with Crippen molar-refractivity contribution in [3.05, 3.63) is 63.6 Å². The van der Waals surface area contributed by atoms with Crippen LogP contribution < -0.4 is 11.1 Å². The molecule has 4 N–H and O–H groups in total. The zero-order valence-corrected chi connectivity index (χ0v) is 20.3. The van der Waals surface area contributed by atoms with E-state index in [1.54, 1.807) is 12.1 Å². The van der Waals surface area contributed by atoms with Crippen molar-refractivity contribution in [1.29, 1.82) is 0 Å². The molecule has 2 rings (SSSR count). The largest absolute Gasteiger partial charge is 0.396 e. The van der Waals surface area contributed by atoms with Gasteiger partial charge in [-0.1, -0.05) is 66.4 Å². The minimum absolute atomic E-state index is 0. The molecule has 0 aliphatic rings. The van der Waals surface area contributed by atoms with E-state index >= 15 is 0 Å². The zero-order valence-electron chi connectivity index (χ0n) is 18.0. The highest BCUT2D eigenvalue weighted by atomic mass is 35.5. The molecule has 0 spiro atoms. The number of hydrogen-bond acceptors (Lipinski definition) is 4. The topological polar surface area (TPSA) is 67.5 Å². The maximum Gasteiger partial charge on any atom is 0.0915 e. The van der Waals surface area contributed by atoms with E-state index in [0.717, 1.165) is 58.3 Å². The molecule has 0 aliphatic heterocycles. The molecule has 0 heterocycles. The molecule has 0 radical (unpaired) electrons. The van der Waals surface area contributed by atoms with Crippen molar-refractivity contribution in [2.75, 3.05) is 32.0 Å². The van der Waals surface area contributed by atoms with Crippen LogP contribution in [-0.2, 0) is 11.2 Å². The van der Waals surface area contributed by atoms with Gasteiger partial charge in [0.2, 0.25) is 0 Å². The third-order valence-electron chi connectivity index (χ3n) is 5.06. The Kier molecular flexibility index (Phi) is 15.0. The smallest absolute Gasteiger partial charge is 0.0915 e. The van der Waals surface area contributed by atoms with E-state index in [9.17, 15) is 5.11 Å². The van der Waals surface area contributed by atoms with Crippen LogP contribution in [0.2, 0.25) is 10.0 Å². The number of nitrogens with two attached hydrogens (primary N) is 1. The van der Waals surface area contributed by atoms with Crippen molar-refractivity contribution in [3.63, 3.8) is 0 Å². The van der Waals surface area contributed by atoms with Crippen LogP contribution >= 0.6 is 35.6 Å². The molecule has 31 heavy (non-hydrogen) atoms. The molecule has 1 unspecified atom stereocenters. The first-order valence-corrected chi connectivity index (χ1v) is 11.6. The Labute approximate surface area is 202 Å². The lowest BCUT2D eigenvalue weighted by Crippen LogP contribution is -2.22. The van der Waals surface area contributed by atoms with Gasteiger partial charge in [0.1, 0.15) is 0 Å². The van der Waals surface area contributed by atoms with E-state index < -0.39 is 6.10 Å². The van der Waals surface area contributed by atoms with Gasteiger partial charge < -0.3 is 20.9 Å². The van der Waals surface area contributed by atoms with Crippen molar-refractivity contribution in [3.8, 4) is 0 Å². The number of benzene rings is 2. The van der Waals surface area contributed by atoms with Crippen LogP contribution in [0.3, 0.4) is 0 Å². The fourth-order valence-electron chi connectivity index (χ4n) is 3.24. The van der Waals surface area contributed by atoms with Crippen molar-refractivity contribution in [2.24, 2.45) is 0 Å². The maximum atomic E-state index is 10.2. The molecule has 0 saturated heterocycles. The molecule has 0 bridgehead atoms. The van der Waals surface area contributed by atoms with E-state index in [0.29, 0.717) is 27.8 Å². The van der Waals surface area contributed by atoms with Crippen LogP contribution in [0.5, 0.6) is 0 Å². The predicted molar refractivity (Wildman–Crippen MR) is 135 cm³/mol. The standard InChI is InChI=1S/C24H34Cl2N2O2.ClH/c25-21-16-20(17-22(26)24(21)27)23(29)18-28-13-7-1-2-8-14-30-15-9-6-12-19-10-4-3-5-11-19;/h3-5,10-11,16-17,23,28-29H,1-2,6-9,12-15,18,27H2;1H. The lowest BCUT2D eigenvalue weighted by atomic mass is 10.1. The number of anilines is 1. The van der Waals surface area contributed by atoms with Crippen molar-refractivity contribution >= 4 is 41.3 Å². The second-order valence-electron chi connectivity index (χ2n) is 7.59. The average Bonchev–Trinajstić information content (AvgIpc) is 2.75. The number of aryl methyl sites for hydroxylation is 1. The van der Waals surface area contributed by atoms with E-state index in [-0.39, 0.29) is 12.4 Å². The second-order valence-corrected chi connectivity index (χ2v) is 8.40. The zero-order chi connectivity index (χ0) is 21.6. The molecular weight excluding hydrogens is 455 g/mol. The summed E-state index contributed by atoms with van der Waals surface area (Å²) in [7, 11) is 0. The van der Waals surface area contributed by atoms with Crippen LogP contribution in [0.25, 0.3) is 0 Å². The fourth-order valence-corrected chi connectivity index (χ4v) is 3.74. The Morgan fingerprint density at radius 1 is 0.903 bits per heavy atom. The Morgan fingerprint density at radius 3 is 2.19 bits per heavy atom. The molecule has 1 atom stereocenters. The monoisotopic (exact) mass is 488 g/mol. The number of aliphatic hydroxyl groups is 1. The number of rotatable bonds is 15. The average molecular weight is 490 g/mol. The minimum atomic E-state index is -0.657. The Balaban J connectivity index is 0.00000480. The number of nitrogen functional groups attached to an aromatic ring is 1. The summed E-state index contributed by atoms with van der Waals surface area (Å²) in [4.78, 5) is 0. The maximum absolute atomic E-state index is 10.2. The number of aliphatic hydroxyl groups excluding tert-OH is 1. The number of nitrogens with one attached hydrogen (secondary N) is 1. The van der Waals surface area contributed by atoms with Gasteiger partial charge in [-0.3, -0.25) is 0 Å². The molecule has 2 aromatic carbocycles. The van der Waals surface area contributed by atoms with Crippen LogP contribution in [0.4, 0.5) is 5.69 Å². The molecular formula is C24H35Cl3N2O2. The van der Waals surface area contributed by atoms with Crippen LogP contribution in [0.15, 0.2) is 42.5 Å². The molecule has 2 aromatic rings. The highest BCUT2D eigenvalue weighted by Crippen LogP contribution is 2.31. The van der Waals surface area contributed by atoms with Gasteiger partial charge in [-0.25, -0.2) is 0 Å². The van der Waals surface area contributed by atoms with Crippen LogP contribution in [0.1, 0.15) is 55.8 Å². The van der Waals surface area contributed by atoms with Crippen molar-refractivity contribution in [1.82, 2.24) is 5.32 Å². The van der Waals surface area contributed by atoms with Crippen molar-refractivity contribution < 1.29 is 9.84 Å². The highest BCUT2D eigenvalue weighted by molar-refractivity contribution is 6.38. The molecule has 174 valence electrons. The third kappa shape index (κ3) is 11.4. The van der Waals surface area contributed by atoms with Crippen LogP contribution in [0, 0.1) is 0 Å². The Hall–Kier alpha value is -1.01. The SMILES string of the molecule is Cl.Nc1c(Cl)cc(C(O)CNCCCCCCOCCCCc2ccccc2)cc1Cl. The van der Waals surface area contributed by atoms with Gasteiger partial charge in [0.25, 0.3) is 0 Å². The summed E-state index contributed by atoms with van der Waals surface area (Å²) in [5.41, 5.74) is 8.14. The lowest BCUT2D eigenvalue weighted by molar-refractivity contribution is 0.126. The van der Waals surface area contributed by atoms with E-state index in [1.807, 2.05) is 0 Å². The summed E-state index contributed by atoms with van der Waals surface area (Å²) in [6.07, 6.45) is 7.26. The van der Waals surface area contributed by atoms with E-state index in [4.69, 9.17) is 33.7 Å². The molecule has 0 aliphatic carbocycles. The third-order valence-corrected chi connectivity index (χ3v) is 5.69. The van der Waals surface area contributed by atoms with Gasteiger partial charge in [-0.15, -0.1) is 12.4 Å². The fraction of sp³-hybridized carbons (Fsp3) is 0.500. The molecule has 4 nitrogen and oxygen atoms in total. The van der Waals surface area contributed by atoms with E-state index in [2.05, 4.69) is 35.6 Å². The molecule has 0 aromatic heterocycles. The minimum Gasteiger partial charge on any atom is -0.396 e. The lowest BCUT2D eigenvalue weighted by Gasteiger charge is -2.14. The quantitative estimate of drug-likeness (QED) is 0.205. The van der Waals surface area contributed by atoms with Crippen LogP contribution in [-0.4, -0.2) is 31.4 Å². The first-order chi connectivity index (χ1) is 14.6. The summed E-state index contributed by atoms with van der Waals surface area (Å²) in [6, 6.07) is 13.9. The molecule has 0 saturated carbocycles. The van der Waals surface area contributed by atoms with Gasteiger partial charge in [-0.2, -0.15) is 0 Å². The highest BCUT2D eigenvalue weighted by Gasteiger charge is 2.11. The van der Waals surface area contributed by atoms with Gasteiger partial charge in [0.15, 0.2) is 0 Å². The van der Waals surface area contributed by atoms with Gasteiger partial charge in [-0.05, 0) is 61.9 Å². The molecule has 0 fully saturated rings. The molecule has 7 heteroatoms. The summed E-state index contributed by atoms with van der Waals surface area (Å²) < 4.78 is 5.73. The summed E-state index contributed by atoms with van der Waals surface area (Å²) in [5, 5.41) is 14.3. The molecule has 0 amide bonds. The summed E-state index contributed by atoms with van der Waals surface area (Å²) in [5.74, 6) is 0. The normalized spacial score (nSPS) is 11.8. The van der Waals surface area contributed by atoms with Gasteiger partial charge in [0.05, 0.1) is 21.8 Å². The summed E-state index contributed by atoms with van der Waals surface area (Å²) in [6.45, 7) is 3.03. The van der Waals surface area contributed by atoms with Gasteiger partial charge >= 0.3 is 0 Å².